The van der Waals surface area contributed by atoms with Crippen LogP contribution < -0.4 is 19.9 Å². The van der Waals surface area contributed by atoms with Crippen molar-refractivity contribution in [3.05, 3.63) is 71.8 Å². The topological polar surface area (TPSA) is 108 Å². The van der Waals surface area contributed by atoms with Gasteiger partial charge in [0.1, 0.15) is 0 Å². The minimum Gasteiger partial charge on any atom is -0.454 e. The number of nitrogens with one attached hydrogen (secondary N) is 1. The van der Waals surface area contributed by atoms with E-state index in [1.54, 1.807) is 12.1 Å². The molecule has 0 radical (unpaired) electrons. The van der Waals surface area contributed by atoms with Crippen molar-refractivity contribution in [2.24, 2.45) is 5.14 Å². The van der Waals surface area contributed by atoms with Crippen LogP contribution in [0.5, 0.6) is 11.5 Å². The molecule has 33 heavy (non-hydrogen) atoms. The molecule has 0 saturated heterocycles. The zero-order valence-corrected chi connectivity index (χ0v) is 18.9. The molecule has 0 bridgehead atoms. The van der Waals surface area contributed by atoms with E-state index in [4.69, 9.17) is 14.6 Å². The second-order valence-corrected chi connectivity index (χ2v) is 9.96. The lowest BCUT2D eigenvalue weighted by Crippen LogP contribution is -2.27. The molecule has 0 atom stereocenters. The second kappa shape index (κ2) is 7.90. The molecule has 2 aliphatic rings. The molecular weight excluding hydrogens is 440 g/mol. The Morgan fingerprint density at radius 2 is 1.76 bits per heavy atom. The quantitative estimate of drug-likeness (QED) is 0.556. The molecule has 3 aromatic carbocycles. The minimum atomic E-state index is -3.75. The first-order chi connectivity index (χ1) is 15.8. The van der Waals surface area contributed by atoms with Crippen LogP contribution in [-0.2, 0) is 26.7 Å². The maximum absolute atomic E-state index is 13.3. The molecule has 1 fully saturated rings. The molecule has 8 heteroatoms. The lowest BCUT2D eigenvalue weighted by atomic mass is 9.93. The summed E-state index contributed by atoms with van der Waals surface area (Å²) in [4.78, 5) is 13.4. The van der Waals surface area contributed by atoms with E-state index in [2.05, 4.69) is 12.2 Å². The summed E-state index contributed by atoms with van der Waals surface area (Å²) in [7, 11) is -3.75. The van der Waals surface area contributed by atoms with E-state index >= 15 is 0 Å². The normalized spacial score (nSPS) is 15.8. The molecule has 1 amide bonds. The van der Waals surface area contributed by atoms with Gasteiger partial charge in [-0.3, -0.25) is 4.79 Å². The van der Waals surface area contributed by atoms with Gasteiger partial charge in [-0.15, -0.1) is 0 Å². The maximum Gasteiger partial charge on any atom is 0.238 e. The number of anilines is 1. The number of nitrogens with two attached hydrogens (primary N) is 1. The lowest BCUT2D eigenvalue weighted by Gasteiger charge is -2.18. The molecule has 1 aliphatic carbocycles. The van der Waals surface area contributed by atoms with Gasteiger partial charge < -0.3 is 14.8 Å². The second-order valence-electron chi connectivity index (χ2n) is 8.40. The highest BCUT2D eigenvalue weighted by Crippen LogP contribution is 2.51. The molecule has 174 valence electrons. The number of hydrogen-bond donors (Lipinski definition) is 2. The molecule has 5 rings (SSSR count). The third kappa shape index (κ3) is 3.96. The molecule has 1 aliphatic heterocycles. The molecule has 0 unspecified atom stereocenters. The smallest absolute Gasteiger partial charge is 0.238 e. The van der Waals surface area contributed by atoms with Gasteiger partial charge in [0.25, 0.3) is 0 Å². The Morgan fingerprint density at radius 1 is 1.03 bits per heavy atom. The van der Waals surface area contributed by atoms with Crippen LogP contribution in [0.4, 0.5) is 5.69 Å². The Balaban J connectivity index is 0.00000171. The summed E-state index contributed by atoms with van der Waals surface area (Å²) < 4.78 is 34.0. The summed E-state index contributed by atoms with van der Waals surface area (Å²) in [5.41, 5.74) is 3.93. The highest BCUT2D eigenvalue weighted by Gasteiger charge is 2.51. The minimum absolute atomic E-state index is 0. The standard InChI is InChI=1S/C25H24N2O5S.2H2/c1-2-16-3-7-19(14-21(16)17-4-8-20(9-5-17)33(26,29)30)27-24(28)25(11-12-25)18-6-10-22-23(13-18)32-15-31-22;;/h3-10,13-14H,2,11-12,15H2,1H3,(H,27,28)(H2,26,29,30);2*1H. The largest absolute Gasteiger partial charge is 0.454 e. The number of benzene rings is 3. The van der Waals surface area contributed by atoms with E-state index in [0.717, 1.165) is 41.5 Å². The van der Waals surface area contributed by atoms with E-state index in [0.29, 0.717) is 17.2 Å². The number of rotatable bonds is 6. The van der Waals surface area contributed by atoms with Crippen LogP contribution in [0.3, 0.4) is 0 Å². The molecule has 3 N–H and O–H groups in total. The zero-order valence-electron chi connectivity index (χ0n) is 18.1. The number of sulfonamides is 1. The maximum atomic E-state index is 13.3. The average Bonchev–Trinajstić information content (AvgIpc) is 3.49. The third-order valence-electron chi connectivity index (χ3n) is 6.35. The van der Waals surface area contributed by atoms with Crippen molar-refractivity contribution >= 4 is 21.6 Å². The first-order valence-corrected chi connectivity index (χ1v) is 12.3. The van der Waals surface area contributed by atoms with Gasteiger partial charge in [-0.1, -0.05) is 31.2 Å². The highest BCUT2D eigenvalue weighted by molar-refractivity contribution is 7.89. The molecular formula is C25H28N2O5S. The van der Waals surface area contributed by atoms with Crippen molar-refractivity contribution in [1.29, 1.82) is 0 Å². The number of carbonyl (C=O) groups is 1. The van der Waals surface area contributed by atoms with E-state index in [1.807, 2.05) is 36.4 Å². The zero-order chi connectivity index (χ0) is 23.2. The number of primary sulfonamides is 1. The van der Waals surface area contributed by atoms with Gasteiger partial charge in [0.05, 0.1) is 10.3 Å². The predicted molar refractivity (Wildman–Crippen MR) is 129 cm³/mol. The fourth-order valence-corrected chi connectivity index (χ4v) is 4.79. The molecule has 1 saturated carbocycles. The van der Waals surface area contributed by atoms with Gasteiger partial charge in [-0.05, 0) is 77.9 Å². The van der Waals surface area contributed by atoms with Gasteiger partial charge in [0.2, 0.25) is 22.7 Å². The Labute approximate surface area is 195 Å². The van der Waals surface area contributed by atoms with Gasteiger partial charge in [0.15, 0.2) is 11.5 Å². The number of hydrogen-bond acceptors (Lipinski definition) is 5. The predicted octanol–water partition coefficient (Wildman–Crippen LogP) is 4.45. The van der Waals surface area contributed by atoms with Crippen LogP contribution in [-0.4, -0.2) is 21.1 Å². The van der Waals surface area contributed by atoms with Crippen molar-refractivity contribution in [2.45, 2.75) is 36.5 Å². The average molecular weight is 469 g/mol. The monoisotopic (exact) mass is 468 g/mol. The lowest BCUT2D eigenvalue weighted by molar-refractivity contribution is -0.118. The summed E-state index contributed by atoms with van der Waals surface area (Å²) in [5, 5.41) is 8.30. The van der Waals surface area contributed by atoms with Crippen molar-refractivity contribution in [3.63, 3.8) is 0 Å². The summed E-state index contributed by atoms with van der Waals surface area (Å²) in [6.07, 6.45) is 2.34. The van der Waals surface area contributed by atoms with Crippen LogP contribution in [0.15, 0.2) is 65.6 Å². The molecule has 1 heterocycles. The number of fused-ring (bicyclic) bond motifs is 1. The highest BCUT2D eigenvalue weighted by atomic mass is 32.2. The van der Waals surface area contributed by atoms with Gasteiger partial charge >= 0.3 is 0 Å². The molecule has 0 spiro atoms. The van der Waals surface area contributed by atoms with E-state index in [9.17, 15) is 13.2 Å². The van der Waals surface area contributed by atoms with Crippen LogP contribution in [0.2, 0.25) is 0 Å². The number of carbonyl (C=O) groups excluding carboxylic acids is 1. The van der Waals surface area contributed by atoms with Crippen molar-refractivity contribution in [1.82, 2.24) is 0 Å². The Bertz CT molecular complexity index is 1360. The first kappa shape index (κ1) is 21.5. The summed E-state index contributed by atoms with van der Waals surface area (Å²) in [5.74, 6) is 1.31. The van der Waals surface area contributed by atoms with Crippen LogP contribution in [0, 0.1) is 0 Å². The fourth-order valence-electron chi connectivity index (χ4n) is 4.27. The first-order valence-electron chi connectivity index (χ1n) is 10.8. The fraction of sp³-hybridized carbons (Fsp3) is 0.240. The van der Waals surface area contributed by atoms with Gasteiger partial charge in [-0.2, -0.15) is 0 Å². The van der Waals surface area contributed by atoms with E-state index < -0.39 is 15.4 Å². The number of ether oxygens (including phenoxy) is 2. The summed E-state index contributed by atoms with van der Waals surface area (Å²) >= 11 is 0. The van der Waals surface area contributed by atoms with Crippen LogP contribution in [0.1, 0.15) is 33.7 Å². The Morgan fingerprint density at radius 3 is 2.42 bits per heavy atom. The van der Waals surface area contributed by atoms with E-state index in [-0.39, 0.29) is 20.4 Å². The third-order valence-corrected chi connectivity index (χ3v) is 7.28. The Kier molecular flexibility index (Phi) is 5.14. The van der Waals surface area contributed by atoms with E-state index in [1.165, 1.54) is 12.1 Å². The van der Waals surface area contributed by atoms with Crippen LogP contribution >= 0.6 is 0 Å². The molecule has 0 aromatic heterocycles. The van der Waals surface area contributed by atoms with Crippen molar-refractivity contribution < 1.29 is 25.5 Å². The SMILES string of the molecule is CCc1ccc(NC(=O)C2(c3ccc4c(c3)OCO4)CC2)cc1-c1ccc(S(N)(=O)=O)cc1.[HH].[HH]. The van der Waals surface area contributed by atoms with Crippen LogP contribution in [0.25, 0.3) is 11.1 Å². The number of amides is 1. The summed E-state index contributed by atoms with van der Waals surface area (Å²) in [6, 6.07) is 17.9. The Hall–Kier alpha value is -3.36. The van der Waals surface area contributed by atoms with Crippen molar-refractivity contribution in [2.75, 3.05) is 12.1 Å². The van der Waals surface area contributed by atoms with Gasteiger partial charge in [0, 0.05) is 8.54 Å². The van der Waals surface area contributed by atoms with Gasteiger partial charge in [-0.25, -0.2) is 13.6 Å². The van der Waals surface area contributed by atoms with Crippen molar-refractivity contribution in [3.8, 4) is 22.6 Å². The molecule has 3 aromatic rings. The summed E-state index contributed by atoms with van der Waals surface area (Å²) in [6.45, 7) is 2.25. The number of aryl methyl sites for hydroxylation is 1. The molecule has 7 nitrogen and oxygen atoms in total.